The number of aryl methyl sites for hydroxylation is 1. The Balaban J connectivity index is 1.88. The van der Waals surface area contributed by atoms with Gasteiger partial charge in [-0.3, -0.25) is 4.79 Å². The lowest BCUT2D eigenvalue weighted by molar-refractivity contribution is -0.114. The van der Waals surface area contributed by atoms with Gasteiger partial charge in [-0.2, -0.15) is 0 Å². The van der Waals surface area contributed by atoms with Crippen LogP contribution in [0.5, 0.6) is 0 Å². The molecule has 2 aromatic rings. The van der Waals surface area contributed by atoms with Crippen molar-refractivity contribution in [3.8, 4) is 0 Å². The average molecular weight is 293 g/mol. The van der Waals surface area contributed by atoms with Gasteiger partial charge in [-0.1, -0.05) is 17.7 Å². The maximum atomic E-state index is 13.3. The van der Waals surface area contributed by atoms with E-state index in [1.807, 2.05) is 0 Å². The molecule has 0 saturated carbocycles. The second-order valence-electron chi connectivity index (χ2n) is 4.37. The van der Waals surface area contributed by atoms with Gasteiger partial charge >= 0.3 is 0 Å². The van der Waals surface area contributed by atoms with Gasteiger partial charge in [-0.05, 0) is 48.9 Å². The summed E-state index contributed by atoms with van der Waals surface area (Å²) in [6.07, 6.45) is 0. The summed E-state index contributed by atoms with van der Waals surface area (Å²) in [7, 11) is 0. The van der Waals surface area contributed by atoms with Gasteiger partial charge < -0.3 is 10.6 Å². The molecular weight excluding hydrogens is 279 g/mol. The number of carbonyl (C=O) groups is 1. The lowest BCUT2D eigenvalue weighted by Gasteiger charge is -2.08. The van der Waals surface area contributed by atoms with Crippen LogP contribution < -0.4 is 10.6 Å². The zero-order valence-corrected chi connectivity index (χ0v) is 11.7. The molecule has 0 spiro atoms. The Bertz CT molecular complexity index is 614. The second-order valence-corrected chi connectivity index (χ2v) is 4.81. The highest BCUT2D eigenvalue weighted by Crippen LogP contribution is 2.14. The molecule has 3 nitrogen and oxygen atoms in total. The van der Waals surface area contributed by atoms with Gasteiger partial charge in [0.05, 0.1) is 6.54 Å². The fraction of sp³-hybridized carbons (Fsp3) is 0.133. The number of anilines is 2. The monoisotopic (exact) mass is 292 g/mol. The number of hydrogen-bond acceptors (Lipinski definition) is 2. The molecule has 0 heterocycles. The Morgan fingerprint density at radius 1 is 1.15 bits per heavy atom. The molecule has 0 unspecified atom stereocenters. The third-order valence-electron chi connectivity index (χ3n) is 2.75. The summed E-state index contributed by atoms with van der Waals surface area (Å²) < 4.78 is 13.3. The van der Waals surface area contributed by atoms with E-state index in [-0.39, 0.29) is 18.3 Å². The first-order valence-corrected chi connectivity index (χ1v) is 6.48. The highest BCUT2D eigenvalue weighted by Gasteiger charge is 2.04. The number of amides is 1. The first-order chi connectivity index (χ1) is 9.54. The molecule has 0 radical (unpaired) electrons. The van der Waals surface area contributed by atoms with Crippen molar-refractivity contribution in [2.45, 2.75) is 6.92 Å². The van der Waals surface area contributed by atoms with Crippen LogP contribution in [0.1, 0.15) is 5.56 Å². The number of carbonyl (C=O) groups excluding carboxylic acids is 1. The molecule has 0 aliphatic carbocycles. The molecule has 0 aliphatic heterocycles. The second kappa shape index (κ2) is 6.39. The van der Waals surface area contributed by atoms with Crippen LogP contribution >= 0.6 is 11.6 Å². The number of halogens is 2. The smallest absolute Gasteiger partial charge is 0.243 e. The first kappa shape index (κ1) is 14.3. The summed E-state index contributed by atoms with van der Waals surface area (Å²) in [5.74, 6) is -0.513. The van der Waals surface area contributed by atoms with Crippen molar-refractivity contribution < 1.29 is 9.18 Å². The fourth-order valence-electron chi connectivity index (χ4n) is 1.62. The molecule has 104 valence electrons. The van der Waals surface area contributed by atoms with Crippen LogP contribution in [-0.2, 0) is 4.79 Å². The quantitative estimate of drug-likeness (QED) is 0.899. The molecule has 1 amide bonds. The standard InChI is InChI=1S/C15H14ClFN2O/c1-10-2-5-13(8-14(10)17)18-9-15(20)19-12-6-3-11(16)4-7-12/h2-8,18H,9H2,1H3,(H,19,20). The zero-order valence-electron chi connectivity index (χ0n) is 10.9. The Morgan fingerprint density at radius 2 is 1.80 bits per heavy atom. The molecular formula is C15H14ClFN2O. The highest BCUT2D eigenvalue weighted by atomic mass is 35.5. The number of benzene rings is 2. The van der Waals surface area contributed by atoms with E-state index in [9.17, 15) is 9.18 Å². The van der Waals surface area contributed by atoms with Crippen LogP contribution in [-0.4, -0.2) is 12.5 Å². The van der Waals surface area contributed by atoms with E-state index in [4.69, 9.17) is 11.6 Å². The summed E-state index contributed by atoms with van der Waals surface area (Å²) in [4.78, 5) is 11.7. The summed E-state index contributed by atoms with van der Waals surface area (Å²) in [5, 5.41) is 6.19. The van der Waals surface area contributed by atoms with E-state index < -0.39 is 0 Å². The van der Waals surface area contributed by atoms with Crippen molar-refractivity contribution in [1.82, 2.24) is 0 Å². The van der Waals surface area contributed by atoms with Crippen molar-refractivity contribution >= 4 is 28.9 Å². The first-order valence-electron chi connectivity index (χ1n) is 6.10. The molecule has 0 aliphatic rings. The van der Waals surface area contributed by atoms with Crippen LogP contribution in [0.25, 0.3) is 0 Å². The SMILES string of the molecule is Cc1ccc(NCC(=O)Nc2ccc(Cl)cc2)cc1F. The lowest BCUT2D eigenvalue weighted by Crippen LogP contribution is -2.21. The Labute approximate surface area is 121 Å². The minimum absolute atomic E-state index is 0.0606. The van der Waals surface area contributed by atoms with E-state index in [0.717, 1.165) is 0 Å². The van der Waals surface area contributed by atoms with E-state index in [1.165, 1.54) is 6.07 Å². The minimum atomic E-state index is -0.298. The van der Waals surface area contributed by atoms with Gasteiger partial charge in [0.15, 0.2) is 0 Å². The maximum absolute atomic E-state index is 13.3. The third-order valence-corrected chi connectivity index (χ3v) is 3.00. The molecule has 0 saturated heterocycles. The van der Waals surface area contributed by atoms with Gasteiger partial charge in [-0.25, -0.2) is 4.39 Å². The fourth-order valence-corrected chi connectivity index (χ4v) is 1.75. The average Bonchev–Trinajstić information content (AvgIpc) is 2.43. The zero-order chi connectivity index (χ0) is 14.5. The third kappa shape index (κ3) is 3.96. The van der Waals surface area contributed by atoms with E-state index in [0.29, 0.717) is 22.0 Å². The van der Waals surface area contributed by atoms with E-state index >= 15 is 0 Å². The summed E-state index contributed by atoms with van der Waals surface area (Å²) >= 11 is 5.76. The normalized spacial score (nSPS) is 10.2. The van der Waals surface area contributed by atoms with Crippen molar-refractivity contribution in [3.63, 3.8) is 0 Å². The van der Waals surface area contributed by atoms with Gasteiger partial charge in [-0.15, -0.1) is 0 Å². The predicted octanol–water partition coefficient (Wildman–Crippen LogP) is 3.84. The van der Waals surface area contributed by atoms with Crippen molar-refractivity contribution in [1.29, 1.82) is 0 Å². The molecule has 5 heteroatoms. The molecule has 2 rings (SSSR count). The minimum Gasteiger partial charge on any atom is -0.376 e. The van der Waals surface area contributed by atoms with E-state index in [2.05, 4.69) is 10.6 Å². The number of nitrogens with one attached hydrogen (secondary N) is 2. The molecule has 2 aromatic carbocycles. The molecule has 0 bridgehead atoms. The van der Waals surface area contributed by atoms with Crippen LogP contribution in [0.4, 0.5) is 15.8 Å². The Hall–Kier alpha value is -2.07. The lowest BCUT2D eigenvalue weighted by atomic mass is 10.2. The molecule has 0 atom stereocenters. The molecule has 2 N–H and O–H groups in total. The van der Waals surface area contributed by atoms with E-state index in [1.54, 1.807) is 43.3 Å². The number of hydrogen-bond donors (Lipinski definition) is 2. The maximum Gasteiger partial charge on any atom is 0.243 e. The van der Waals surface area contributed by atoms with Crippen molar-refractivity contribution in [2.75, 3.05) is 17.2 Å². The van der Waals surface area contributed by atoms with Crippen LogP contribution in [0, 0.1) is 12.7 Å². The Morgan fingerprint density at radius 3 is 2.45 bits per heavy atom. The predicted molar refractivity (Wildman–Crippen MR) is 79.7 cm³/mol. The topological polar surface area (TPSA) is 41.1 Å². The van der Waals surface area contributed by atoms with Gasteiger partial charge in [0.25, 0.3) is 0 Å². The summed E-state index contributed by atoms with van der Waals surface area (Å²) in [6, 6.07) is 11.6. The highest BCUT2D eigenvalue weighted by molar-refractivity contribution is 6.30. The Kier molecular flexibility index (Phi) is 4.58. The summed E-state index contributed by atoms with van der Waals surface area (Å²) in [5.41, 5.74) is 1.80. The van der Waals surface area contributed by atoms with Crippen molar-refractivity contribution in [2.24, 2.45) is 0 Å². The summed E-state index contributed by atoms with van der Waals surface area (Å²) in [6.45, 7) is 1.75. The van der Waals surface area contributed by atoms with Gasteiger partial charge in [0, 0.05) is 16.4 Å². The molecule has 0 aromatic heterocycles. The van der Waals surface area contributed by atoms with Crippen LogP contribution in [0.2, 0.25) is 5.02 Å². The van der Waals surface area contributed by atoms with Gasteiger partial charge in [0.2, 0.25) is 5.91 Å². The molecule has 20 heavy (non-hydrogen) atoms. The van der Waals surface area contributed by atoms with Crippen molar-refractivity contribution in [3.05, 3.63) is 58.9 Å². The number of rotatable bonds is 4. The van der Waals surface area contributed by atoms with Crippen LogP contribution in [0.3, 0.4) is 0 Å². The largest absolute Gasteiger partial charge is 0.376 e. The van der Waals surface area contributed by atoms with Gasteiger partial charge in [0.1, 0.15) is 5.82 Å². The molecule has 0 fully saturated rings. The van der Waals surface area contributed by atoms with Crippen LogP contribution in [0.15, 0.2) is 42.5 Å².